The molecule has 0 saturated carbocycles. The van der Waals surface area contributed by atoms with E-state index in [2.05, 4.69) is 11.9 Å². The molecule has 0 aromatic heterocycles. The van der Waals surface area contributed by atoms with Crippen molar-refractivity contribution < 1.29 is 14.6 Å². The lowest BCUT2D eigenvalue weighted by molar-refractivity contribution is 0.167. The Labute approximate surface area is 126 Å². The molecule has 0 bridgehead atoms. The van der Waals surface area contributed by atoms with Gasteiger partial charge in [-0.3, -0.25) is 0 Å². The maximum absolute atomic E-state index is 12.0. The van der Waals surface area contributed by atoms with Gasteiger partial charge in [-0.1, -0.05) is 12.6 Å². The second-order valence-electron chi connectivity index (χ2n) is 5.26. The van der Waals surface area contributed by atoms with Gasteiger partial charge in [-0.05, 0) is 38.0 Å². The molecule has 116 valence electrons. The van der Waals surface area contributed by atoms with Gasteiger partial charge in [0.15, 0.2) is 0 Å². The van der Waals surface area contributed by atoms with E-state index in [-0.39, 0.29) is 6.03 Å². The molecule has 0 aliphatic heterocycles. The molecule has 1 atom stereocenters. The number of benzene rings is 1. The Kier molecular flexibility index (Phi) is 6.75. The Morgan fingerprint density at radius 3 is 2.86 bits per heavy atom. The van der Waals surface area contributed by atoms with Crippen LogP contribution in [0.3, 0.4) is 0 Å². The Bertz CT molecular complexity index is 486. The van der Waals surface area contributed by atoms with Crippen LogP contribution in [-0.4, -0.2) is 42.3 Å². The molecule has 1 unspecified atom stereocenters. The van der Waals surface area contributed by atoms with Crippen LogP contribution in [0.5, 0.6) is 5.75 Å². The number of carbonyl (C=O) groups excluding carboxylic acids is 1. The van der Waals surface area contributed by atoms with E-state index < -0.39 is 6.10 Å². The highest BCUT2D eigenvalue weighted by molar-refractivity contribution is 5.89. The molecule has 0 saturated heterocycles. The lowest BCUT2D eigenvalue weighted by atomic mass is 10.3. The maximum atomic E-state index is 12.0. The van der Waals surface area contributed by atoms with Crippen LogP contribution >= 0.6 is 0 Å². The quantitative estimate of drug-likeness (QED) is 0.760. The summed E-state index contributed by atoms with van der Waals surface area (Å²) in [5, 5.41) is 12.0. The molecule has 0 fully saturated rings. The number of aliphatic hydroxyl groups is 1. The zero-order valence-corrected chi connectivity index (χ0v) is 12.9. The minimum absolute atomic E-state index is 0.215. The molecule has 2 N–H and O–H groups in total. The van der Waals surface area contributed by atoms with Gasteiger partial charge in [0.1, 0.15) is 12.4 Å². The highest BCUT2D eigenvalue weighted by atomic mass is 16.5. The number of anilines is 1. The molecule has 0 radical (unpaired) electrons. The third-order valence-corrected chi connectivity index (χ3v) is 2.80. The number of aliphatic hydroxyl groups excluding tert-OH is 1. The smallest absolute Gasteiger partial charge is 0.321 e. The maximum Gasteiger partial charge on any atom is 0.321 e. The Balaban J connectivity index is 2.55. The van der Waals surface area contributed by atoms with Gasteiger partial charge in [-0.25, -0.2) is 4.79 Å². The molecule has 1 aromatic carbocycles. The lowest BCUT2D eigenvalue weighted by Gasteiger charge is -2.19. The fraction of sp³-hybridized carbons (Fsp3) is 0.438. The molecule has 0 spiro atoms. The van der Waals surface area contributed by atoms with Crippen LogP contribution in [0.4, 0.5) is 10.5 Å². The van der Waals surface area contributed by atoms with Crippen LogP contribution in [0.1, 0.15) is 20.3 Å². The van der Waals surface area contributed by atoms with Gasteiger partial charge in [0, 0.05) is 25.3 Å². The molecular weight excluding hydrogens is 268 g/mol. The third kappa shape index (κ3) is 6.81. The second kappa shape index (κ2) is 8.32. The lowest BCUT2D eigenvalue weighted by Crippen LogP contribution is -2.33. The van der Waals surface area contributed by atoms with E-state index in [0.29, 0.717) is 31.0 Å². The summed E-state index contributed by atoms with van der Waals surface area (Å²) >= 11 is 0. The molecule has 1 rings (SSSR count). The fourth-order valence-electron chi connectivity index (χ4n) is 1.57. The van der Waals surface area contributed by atoms with Gasteiger partial charge in [0.05, 0.1) is 6.10 Å². The van der Waals surface area contributed by atoms with E-state index in [1.165, 1.54) is 4.90 Å². The highest BCUT2D eigenvalue weighted by Crippen LogP contribution is 2.18. The fourth-order valence-corrected chi connectivity index (χ4v) is 1.57. The number of ether oxygens (including phenoxy) is 1. The topological polar surface area (TPSA) is 61.8 Å². The second-order valence-corrected chi connectivity index (χ2v) is 5.26. The summed E-state index contributed by atoms with van der Waals surface area (Å²) in [5.41, 5.74) is 1.60. The summed E-state index contributed by atoms with van der Waals surface area (Å²) in [5.74, 6) is 0.683. The van der Waals surface area contributed by atoms with E-state index in [1.807, 2.05) is 19.1 Å². The van der Waals surface area contributed by atoms with Crippen molar-refractivity contribution in [2.75, 3.05) is 25.5 Å². The normalized spacial score (nSPS) is 11.6. The number of hydrogen-bond donors (Lipinski definition) is 2. The zero-order chi connectivity index (χ0) is 15.8. The van der Waals surface area contributed by atoms with Crippen molar-refractivity contribution in [1.82, 2.24) is 4.90 Å². The molecule has 5 nitrogen and oxygen atoms in total. The van der Waals surface area contributed by atoms with E-state index >= 15 is 0 Å². The molecular formula is C16H24N2O3. The van der Waals surface area contributed by atoms with Gasteiger partial charge >= 0.3 is 6.03 Å². The number of rotatable bonds is 7. The average Bonchev–Trinajstić information content (AvgIpc) is 2.42. The minimum atomic E-state index is -0.417. The van der Waals surface area contributed by atoms with Gasteiger partial charge in [0.25, 0.3) is 0 Å². The molecule has 5 heteroatoms. The summed E-state index contributed by atoms with van der Waals surface area (Å²) in [4.78, 5) is 13.5. The van der Waals surface area contributed by atoms with E-state index in [9.17, 15) is 9.90 Å². The van der Waals surface area contributed by atoms with Gasteiger partial charge in [-0.2, -0.15) is 0 Å². The van der Waals surface area contributed by atoms with Crippen molar-refractivity contribution in [3.05, 3.63) is 36.4 Å². The van der Waals surface area contributed by atoms with Crippen molar-refractivity contribution in [1.29, 1.82) is 0 Å². The zero-order valence-electron chi connectivity index (χ0n) is 12.9. The number of nitrogens with zero attached hydrogens (tertiary/aromatic N) is 1. The summed E-state index contributed by atoms with van der Waals surface area (Å²) in [7, 11) is 1.69. The summed E-state index contributed by atoms with van der Waals surface area (Å²) in [6.07, 6.45) is 0.130. The molecule has 0 heterocycles. The first-order valence-electron chi connectivity index (χ1n) is 6.96. The van der Waals surface area contributed by atoms with Crippen LogP contribution in [-0.2, 0) is 0 Å². The summed E-state index contributed by atoms with van der Waals surface area (Å²) in [6, 6.07) is 7.00. The van der Waals surface area contributed by atoms with Gasteiger partial charge < -0.3 is 20.1 Å². The van der Waals surface area contributed by atoms with Crippen LogP contribution in [0.25, 0.3) is 0 Å². The Hall–Kier alpha value is -2.01. The van der Waals surface area contributed by atoms with Crippen LogP contribution in [0, 0.1) is 0 Å². The molecule has 1 aromatic rings. The number of hydrogen-bond acceptors (Lipinski definition) is 3. The van der Waals surface area contributed by atoms with E-state index in [0.717, 1.165) is 5.57 Å². The number of urea groups is 1. The predicted molar refractivity (Wildman–Crippen MR) is 84.7 cm³/mol. The van der Waals surface area contributed by atoms with Crippen molar-refractivity contribution in [3.63, 3.8) is 0 Å². The standard InChI is InChI=1S/C16H24N2O3/c1-12(2)11-21-15-7-5-6-14(10-15)17-16(20)18(4)9-8-13(3)19/h5-7,10,13,19H,1,8-9,11H2,2-4H3,(H,17,20). The monoisotopic (exact) mass is 292 g/mol. The molecule has 21 heavy (non-hydrogen) atoms. The Morgan fingerprint density at radius 1 is 1.52 bits per heavy atom. The Morgan fingerprint density at radius 2 is 2.24 bits per heavy atom. The number of carbonyl (C=O) groups is 1. The van der Waals surface area contributed by atoms with Crippen LogP contribution < -0.4 is 10.1 Å². The van der Waals surface area contributed by atoms with E-state index in [1.54, 1.807) is 26.1 Å². The minimum Gasteiger partial charge on any atom is -0.489 e. The largest absolute Gasteiger partial charge is 0.489 e. The average molecular weight is 292 g/mol. The first-order chi connectivity index (χ1) is 9.88. The van der Waals surface area contributed by atoms with Crippen molar-refractivity contribution in [3.8, 4) is 5.75 Å². The van der Waals surface area contributed by atoms with Crippen LogP contribution in [0.15, 0.2) is 36.4 Å². The molecule has 0 aliphatic carbocycles. The first-order valence-corrected chi connectivity index (χ1v) is 6.96. The van der Waals surface area contributed by atoms with Gasteiger partial charge in [0.2, 0.25) is 0 Å². The highest BCUT2D eigenvalue weighted by Gasteiger charge is 2.10. The van der Waals surface area contributed by atoms with Crippen molar-refractivity contribution >= 4 is 11.7 Å². The SMILES string of the molecule is C=C(C)COc1cccc(NC(=O)N(C)CCC(C)O)c1. The predicted octanol–water partition coefficient (Wildman–Crippen LogP) is 2.88. The summed E-state index contributed by atoms with van der Waals surface area (Å²) < 4.78 is 5.53. The van der Waals surface area contributed by atoms with E-state index in [4.69, 9.17) is 4.74 Å². The first kappa shape index (κ1) is 17.0. The number of amides is 2. The third-order valence-electron chi connectivity index (χ3n) is 2.80. The van der Waals surface area contributed by atoms with Crippen molar-refractivity contribution in [2.24, 2.45) is 0 Å². The summed E-state index contributed by atoms with van der Waals surface area (Å²) in [6.45, 7) is 8.32. The number of nitrogens with one attached hydrogen (secondary N) is 1. The molecule has 0 aliphatic rings. The van der Waals surface area contributed by atoms with Gasteiger partial charge in [-0.15, -0.1) is 0 Å². The van der Waals surface area contributed by atoms with Crippen LogP contribution in [0.2, 0.25) is 0 Å². The molecule has 2 amide bonds. The van der Waals surface area contributed by atoms with Crippen molar-refractivity contribution in [2.45, 2.75) is 26.4 Å².